The molecule has 3 aromatic carbocycles. The molecule has 6 rings (SSSR count). The third-order valence-electron chi connectivity index (χ3n) is 6.81. The van der Waals surface area contributed by atoms with Crippen molar-refractivity contribution in [3.63, 3.8) is 0 Å². The Bertz CT molecular complexity index is 1530. The molecular weight excluding hydrogens is 464 g/mol. The first-order valence-electron chi connectivity index (χ1n) is 11.6. The highest BCUT2D eigenvalue weighted by Crippen LogP contribution is 2.46. The lowest BCUT2D eigenvalue weighted by atomic mass is 9.90. The van der Waals surface area contributed by atoms with E-state index in [-0.39, 0.29) is 22.5 Å². The molecule has 0 radical (unpaired) electrons. The first-order chi connectivity index (χ1) is 16.9. The molecule has 2 aliphatic rings. The van der Waals surface area contributed by atoms with Crippen LogP contribution in [0.1, 0.15) is 35.2 Å². The highest BCUT2D eigenvalue weighted by molar-refractivity contribution is 7.87. The van der Waals surface area contributed by atoms with Gasteiger partial charge in [-0.1, -0.05) is 35.9 Å². The van der Waals surface area contributed by atoms with Crippen LogP contribution < -0.4 is 8.92 Å². The van der Waals surface area contributed by atoms with Crippen molar-refractivity contribution >= 4 is 27.0 Å². The third-order valence-corrected chi connectivity index (χ3v) is 8.07. The smallest absolute Gasteiger partial charge is 0.339 e. The number of aromatic amines is 1. The first kappa shape index (κ1) is 21.9. The van der Waals surface area contributed by atoms with Gasteiger partial charge in [-0.3, -0.25) is 4.90 Å². The molecule has 1 saturated heterocycles. The molecule has 3 heterocycles. The number of benzene rings is 3. The van der Waals surface area contributed by atoms with Gasteiger partial charge in [0.2, 0.25) is 0 Å². The van der Waals surface area contributed by atoms with Crippen LogP contribution in [0, 0.1) is 6.92 Å². The molecular formula is C27H24N2O5S. The Morgan fingerprint density at radius 3 is 2.54 bits per heavy atom. The van der Waals surface area contributed by atoms with Crippen LogP contribution in [0.4, 0.5) is 0 Å². The number of rotatable bonds is 5. The van der Waals surface area contributed by atoms with Gasteiger partial charge in [0, 0.05) is 35.6 Å². The summed E-state index contributed by atoms with van der Waals surface area (Å²) in [5.41, 5.74) is 3.66. The second-order valence-electron chi connectivity index (χ2n) is 9.13. The standard InChI is InChI=1S/C27H24N2O5S/c1-17-7-10-21(11-8-17)35(31,32)34-20-9-12-23-22(15-20)24-18-13-14-29(16-18)26(25(24)28-23)27(30)33-19-5-3-2-4-6-19/h2-12,15,18,26,28H,13-14,16H2,1H3. The lowest BCUT2D eigenvalue weighted by Gasteiger charge is -2.30. The van der Waals surface area contributed by atoms with Crippen LogP contribution in [0.5, 0.6) is 11.5 Å². The van der Waals surface area contributed by atoms with Crippen LogP contribution in [-0.4, -0.2) is 37.4 Å². The highest BCUT2D eigenvalue weighted by atomic mass is 32.2. The van der Waals surface area contributed by atoms with Crippen molar-refractivity contribution < 1.29 is 22.1 Å². The van der Waals surface area contributed by atoms with Crippen molar-refractivity contribution in [3.8, 4) is 11.5 Å². The number of hydrogen-bond donors (Lipinski definition) is 1. The molecule has 3 unspecified atom stereocenters. The predicted molar refractivity (Wildman–Crippen MR) is 131 cm³/mol. The molecule has 3 atom stereocenters. The first-order valence-corrected chi connectivity index (χ1v) is 13.0. The van der Waals surface area contributed by atoms with Crippen molar-refractivity contribution in [1.82, 2.24) is 9.88 Å². The van der Waals surface area contributed by atoms with Gasteiger partial charge < -0.3 is 13.9 Å². The molecule has 7 nitrogen and oxygen atoms in total. The zero-order chi connectivity index (χ0) is 24.2. The zero-order valence-electron chi connectivity index (χ0n) is 19.1. The van der Waals surface area contributed by atoms with Crippen LogP contribution in [0.3, 0.4) is 0 Å². The average molecular weight is 489 g/mol. The van der Waals surface area contributed by atoms with Crippen molar-refractivity contribution in [1.29, 1.82) is 0 Å². The Balaban J connectivity index is 1.36. The van der Waals surface area contributed by atoms with Crippen molar-refractivity contribution in [2.75, 3.05) is 13.1 Å². The number of carbonyl (C=O) groups excluding carboxylic acids is 1. The summed E-state index contributed by atoms with van der Waals surface area (Å²) in [5.74, 6) is 0.670. The SMILES string of the molecule is Cc1ccc(S(=O)(=O)Oc2ccc3[nH]c4c(c3c2)C2CCN(C2)C4C(=O)Oc2ccccc2)cc1. The minimum atomic E-state index is -3.97. The number of nitrogens with zero attached hydrogens (tertiary/aromatic N) is 1. The number of para-hydroxylation sites is 1. The van der Waals surface area contributed by atoms with Crippen molar-refractivity contribution in [2.45, 2.75) is 30.2 Å². The maximum absolute atomic E-state index is 13.2. The third kappa shape index (κ3) is 3.88. The van der Waals surface area contributed by atoms with E-state index in [1.165, 1.54) is 12.1 Å². The topological polar surface area (TPSA) is 88.7 Å². The number of hydrogen-bond acceptors (Lipinski definition) is 6. The van der Waals surface area contributed by atoms with E-state index in [1.54, 1.807) is 42.5 Å². The maximum Gasteiger partial charge on any atom is 0.339 e. The summed E-state index contributed by atoms with van der Waals surface area (Å²) >= 11 is 0. The number of aromatic nitrogens is 1. The number of esters is 1. The van der Waals surface area contributed by atoms with Gasteiger partial charge in [0.25, 0.3) is 0 Å². The molecule has 1 aromatic heterocycles. The van der Waals surface area contributed by atoms with Crippen LogP contribution in [0.25, 0.3) is 10.9 Å². The molecule has 4 aromatic rings. The van der Waals surface area contributed by atoms with Gasteiger partial charge in [-0.25, -0.2) is 4.79 Å². The fraction of sp³-hybridized carbons (Fsp3) is 0.222. The van der Waals surface area contributed by atoms with E-state index in [0.29, 0.717) is 5.75 Å². The monoisotopic (exact) mass is 488 g/mol. The summed E-state index contributed by atoms with van der Waals surface area (Å²) in [6.07, 6.45) is 0.918. The van der Waals surface area contributed by atoms with Gasteiger partial charge in [-0.05, 0) is 61.4 Å². The molecule has 2 aliphatic heterocycles. The molecule has 0 spiro atoms. The van der Waals surface area contributed by atoms with Gasteiger partial charge in [0.05, 0.1) is 0 Å². The van der Waals surface area contributed by atoms with Crippen LogP contribution in [0.2, 0.25) is 0 Å². The average Bonchev–Trinajstić information content (AvgIpc) is 3.42. The maximum atomic E-state index is 13.2. The number of nitrogens with one attached hydrogen (secondary N) is 1. The Kier molecular flexibility index (Phi) is 5.16. The molecule has 0 saturated carbocycles. The Labute approximate surface area is 203 Å². The molecule has 1 N–H and O–H groups in total. The Morgan fingerprint density at radius 1 is 1.00 bits per heavy atom. The Morgan fingerprint density at radius 2 is 1.77 bits per heavy atom. The lowest BCUT2D eigenvalue weighted by Crippen LogP contribution is -2.38. The van der Waals surface area contributed by atoms with Crippen LogP contribution in [-0.2, 0) is 14.9 Å². The zero-order valence-corrected chi connectivity index (χ0v) is 19.9. The van der Waals surface area contributed by atoms with Gasteiger partial charge in [-0.15, -0.1) is 0 Å². The highest BCUT2D eigenvalue weighted by Gasteiger charge is 2.44. The summed E-state index contributed by atoms with van der Waals surface area (Å²) in [5, 5.41) is 0.876. The van der Waals surface area contributed by atoms with Gasteiger partial charge in [-0.2, -0.15) is 8.42 Å². The molecule has 35 heavy (non-hydrogen) atoms. The minimum absolute atomic E-state index is 0.106. The van der Waals surface area contributed by atoms with Crippen LogP contribution >= 0.6 is 0 Å². The van der Waals surface area contributed by atoms with E-state index in [2.05, 4.69) is 9.88 Å². The largest absolute Gasteiger partial charge is 0.425 e. The second-order valence-corrected chi connectivity index (χ2v) is 10.7. The number of carbonyl (C=O) groups is 1. The molecule has 178 valence electrons. The molecule has 2 bridgehead atoms. The number of H-pyrrole nitrogens is 1. The van der Waals surface area contributed by atoms with E-state index in [0.717, 1.165) is 47.2 Å². The normalized spacial score (nSPS) is 21.0. The fourth-order valence-corrected chi connectivity index (χ4v) is 6.09. The molecule has 0 aliphatic carbocycles. The minimum Gasteiger partial charge on any atom is -0.425 e. The van der Waals surface area contributed by atoms with E-state index in [4.69, 9.17) is 8.92 Å². The second kappa shape index (κ2) is 8.25. The molecule has 1 fully saturated rings. The number of fused-ring (bicyclic) bond motifs is 6. The quantitative estimate of drug-likeness (QED) is 0.249. The lowest BCUT2D eigenvalue weighted by molar-refractivity contribution is -0.140. The summed E-state index contributed by atoms with van der Waals surface area (Å²) in [6.45, 7) is 3.44. The number of aryl methyl sites for hydroxylation is 1. The summed E-state index contributed by atoms with van der Waals surface area (Å²) in [7, 11) is -3.97. The summed E-state index contributed by atoms with van der Waals surface area (Å²) in [4.78, 5) is 18.9. The van der Waals surface area contributed by atoms with E-state index in [9.17, 15) is 13.2 Å². The van der Waals surface area contributed by atoms with E-state index in [1.807, 2.05) is 25.1 Å². The fourth-order valence-electron chi connectivity index (χ4n) is 5.17. The van der Waals surface area contributed by atoms with E-state index < -0.39 is 16.2 Å². The summed E-state index contributed by atoms with van der Waals surface area (Å²) < 4.78 is 36.8. The molecule has 8 heteroatoms. The Hall–Kier alpha value is -3.62. The summed E-state index contributed by atoms with van der Waals surface area (Å²) in [6, 6.07) is 20.3. The van der Waals surface area contributed by atoms with Gasteiger partial charge in [0.15, 0.2) is 0 Å². The van der Waals surface area contributed by atoms with Crippen molar-refractivity contribution in [3.05, 3.63) is 89.6 Å². The van der Waals surface area contributed by atoms with Crippen LogP contribution in [0.15, 0.2) is 77.7 Å². The number of ether oxygens (including phenoxy) is 1. The van der Waals surface area contributed by atoms with Gasteiger partial charge in [0.1, 0.15) is 22.4 Å². The van der Waals surface area contributed by atoms with Crippen molar-refractivity contribution in [2.24, 2.45) is 0 Å². The molecule has 0 amide bonds. The predicted octanol–water partition coefficient (Wildman–Crippen LogP) is 4.69. The van der Waals surface area contributed by atoms with E-state index >= 15 is 0 Å². The van der Waals surface area contributed by atoms with Gasteiger partial charge >= 0.3 is 16.1 Å².